The number of ether oxygens (including phenoxy) is 1. The van der Waals surface area contributed by atoms with Crippen molar-refractivity contribution in [3.8, 4) is 0 Å². The van der Waals surface area contributed by atoms with Crippen molar-refractivity contribution in [2.24, 2.45) is 0 Å². The van der Waals surface area contributed by atoms with E-state index in [-0.39, 0.29) is 12.1 Å². The number of rotatable bonds is 6. The number of nitrogens with one attached hydrogen (secondary N) is 2. The van der Waals surface area contributed by atoms with Crippen molar-refractivity contribution >= 4 is 27.9 Å². The molecule has 0 radical (unpaired) electrons. The number of hydrogen-bond donors (Lipinski definition) is 2. The van der Waals surface area contributed by atoms with E-state index in [0.717, 1.165) is 22.9 Å². The molecule has 1 aliphatic rings. The Morgan fingerprint density at radius 1 is 1.29 bits per heavy atom. The first-order valence-electron chi connectivity index (χ1n) is 8.19. The van der Waals surface area contributed by atoms with Gasteiger partial charge in [-0.15, -0.1) is 0 Å². The van der Waals surface area contributed by atoms with Crippen LogP contribution in [0.15, 0.2) is 40.0 Å². The molecule has 2 rings (SSSR count). The molecule has 130 valence electrons. The van der Waals surface area contributed by atoms with Crippen LogP contribution in [0.3, 0.4) is 0 Å². The summed E-state index contributed by atoms with van der Waals surface area (Å²) in [5.74, 6) is -0.392. The molecular weight excluding hydrogens is 372 g/mol. The highest BCUT2D eigenvalue weighted by atomic mass is 79.9. The van der Waals surface area contributed by atoms with Crippen LogP contribution in [0, 0.1) is 0 Å². The molecule has 2 N–H and O–H groups in total. The highest BCUT2D eigenvalue weighted by Gasteiger charge is 2.33. The third-order valence-corrected chi connectivity index (χ3v) is 4.23. The first-order chi connectivity index (χ1) is 11.4. The Bertz CT molecular complexity index is 638. The molecule has 0 bridgehead atoms. The van der Waals surface area contributed by atoms with Crippen molar-refractivity contribution in [1.29, 1.82) is 0 Å². The smallest absolute Gasteiger partial charge is 0.338 e. The Morgan fingerprint density at radius 2 is 1.96 bits per heavy atom. The average Bonchev–Trinajstić information content (AvgIpc) is 2.52. The normalized spacial score (nSPS) is 17.5. The number of halogens is 1. The second-order valence-corrected chi connectivity index (χ2v) is 6.95. The van der Waals surface area contributed by atoms with Gasteiger partial charge in [-0.1, -0.05) is 41.4 Å². The Balaban J connectivity index is 2.45. The van der Waals surface area contributed by atoms with E-state index in [0.29, 0.717) is 17.7 Å². The molecule has 6 heteroatoms. The largest absolute Gasteiger partial charge is 0.459 e. The maximum Gasteiger partial charge on any atom is 0.338 e. The van der Waals surface area contributed by atoms with Crippen LogP contribution in [0.1, 0.15) is 51.6 Å². The molecule has 1 atom stereocenters. The van der Waals surface area contributed by atoms with Gasteiger partial charge >= 0.3 is 12.0 Å². The molecule has 0 spiro atoms. The third-order valence-electron chi connectivity index (χ3n) is 3.70. The molecule has 1 unspecified atom stereocenters. The molecule has 0 saturated carbocycles. The molecule has 5 nitrogen and oxygen atoms in total. The number of carbonyl (C=O) groups is 2. The molecule has 0 fully saturated rings. The quantitative estimate of drug-likeness (QED) is 0.710. The van der Waals surface area contributed by atoms with Crippen LogP contribution in [0.4, 0.5) is 4.79 Å². The predicted molar refractivity (Wildman–Crippen MR) is 96.3 cm³/mol. The summed E-state index contributed by atoms with van der Waals surface area (Å²) in [6.07, 6.45) is 2.28. The zero-order valence-corrected chi connectivity index (χ0v) is 15.8. The number of benzene rings is 1. The van der Waals surface area contributed by atoms with E-state index in [1.165, 1.54) is 0 Å². The van der Waals surface area contributed by atoms with Crippen molar-refractivity contribution in [1.82, 2.24) is 10.6 Å². The second kappa shape index (κ2) is 8.33. The van der Waals surface area contributed by atoms with Gasteiger partial charge in [0, 0.05) is 10.2 Å². The zero-order chi connectivity index (χ0) is 17.7. The van der Waals surface area contributed by atoms with Crippen molar-refractivity contribution in [2.45, 2.75) is 52.2 Å². The predicted octanol–water partition coefficient (Wildman–Crippen LogP) is 4.20. The summed E-state index contributed by atoms with van der Waals surface area (Å²) < 4.78 is 6.35. The lowest BCUT2D eigenvalue weighted by Crippen LogP contribution is -2.46. The van der Waals surface area contributed by atoms with Gasteiger partial charge in [-0.25, -0.2) is 9.59 Å². The molecule has 0 saturated heterocycles. The summed E-state index contributed by atoms with van der Waals surface area (Å²) in [6, 6.07) is 6.75. The lowest BCUT2D eigenvalue weighted by Gasteiger charge is -2.30. The lowest BCUT2D eigenvalue weighted by atomic mass is 9.93. The van der Waals surface area contributed by atoms with E-state index in [4.69, 9.17) is 4.74 Å². The summed E-state index contributed by atoms with van der Waals surface area (Å²) in [5, 5.41) is 5.62. The van der Waals surface area contributed by atoms with Gasteiger partial charge in [0.15, 0.2) is 0 Å². The number of unbranched alkanes of at least 4 members (excludes halogenated alkanes) is 1. The fourth-order valence-electron chi connectivity index (χ4n) is 2.59. The molecule has 0 aromatic heterocycles. The number of amides is 2. The maximum absolute atomic E-state index is 12.7. The number of hydrogen-bond acceptors (Lipinski definition) is 3. The molecule has 2 amide bonds. The standard InChI is InChI=1S/C18H23BrN2O3/c1-4-5-6-14-15(17(22)24-11(2)3)16(21-18(23)20-14)12-7-9-13(19)10-8-12/h7-11,16H,4-6H2,1-3H3,(H2,20,21,23). The van der Waals surface area contributed by atoms with E-state index in [9.17, 15) is 9.59 Å². The summed E-state index contributed by atoms with van der Waals surface area (Å²) in [5.41, 5.74) is 1.98. The first-order valence-corrected chi connectivity index (χ1v) is 8.98. The Labute approximate surface area is 151 Å². The van der Waals surface area contributed by atoms with Crippen molar-refractivity contribution in [3.05, 3.63) is 45.6 Å². The molecular formula is C18H23BrN2O3. The van der Waals surface area contributed by atoms with Crippen LogP contribution in [0.2, 0.25) is 0 Å². The van der Waals surface area contributed by atoms with Gasteiger partial charge in [0.2, 0.25) is 0 Å². The molecule has 1 aliphatic heterocycles. The summed E-state index contributed by atoms with van der Waals surface area (Å²) in [7, 11) is 0. The van der Waals surface area contributed by atoms with Crippen LogP contribution >= 0.6 is 15.9 Å². The SMILES string of the molecule is CCCCC1=C(C(=O)OC(C)C)C(c2ccc(Br)cc2)NC(=O)N1. The van der Waals surface area contributed by atoms with Crippen molar-refractivity contribution < 1.29 is 14.3 Å². The molecule has 1 aromatic carbocycles. The fourth-order valence-corrected chi connectivity index (χ4v) is 2.86. The third kappa shape index (κ3) is 4.60. The van der Waals surface area contributed by atoms with Crippen LogP contribution in [0.25, 0.3) is 0 Å². The number of allylic oxidation sites excluding steroid dienone is 1. The van der Waals surface area contributed by atoms with Gasteiger partial charge in [0.25, 0.3) is 0 Å². The van der Waals surface area contributed by atoms with Crippen LogP contribution in [-0.4, -0.2) is 18.1 Å². The second-order valence-electron chi connectivity index (χ2n) is 6.03. The minimum atomic E-state index is -0.509. The van der Waals surface area contributed by atoms with Gasteiger partial charge in [-0.3, -0.25) is 0 Å². The highest BCUT2D eigenvalue weighted by Crippen LogP contribution is 2.30. The van der Waals surface area contributed by atoms with E-state index in [1.807, 2.05) is 38.1 Å². The Morgan fingerprint density at radius 3 is 2.54 bits per heavy atom. The minimum absolute atomic E-state index is 0.222. The molecule has 1 aromatic rings. The van der Waals surface area contributed by atoms with Crippen molar-refractivity contribution in [3.63, 3.8) is 0 Å². The van der Waals surface area contributed by atoms with E-state index < -0.39 is 12.0 Å². The zero-order valence-electron chi connectivity index (χ0n) is 14.2. The average molecular weight is 395 g/mol. The number of urea groups is 1. The fraction of sp³-hybridized carbons (Fsp3) is 0.444. The first kappa shape index (κ1) is 18.5. The van der Waals surface area contributed by atoms with Gasteiger partial charge < -0.3 is 15.4 Å². The van der Waals surface area contributed by atoms with Crippen LogP contribution < -0.4 is 10.6 Å². The monoisotopic (exact) mass is 394 g/mol. The topological polar surface area (TPSA) is 67.4 Å². The number of esters is 1. The number of carbonyl (C=O) groups excluding carboxylic acids is 2. The van der Waals surface area contributed by atoms with Gasteiger partial charge in [-0.05, 0) is 44.4 Å². The summed E-state index contributed by atoms with van der Waals surface area (Å²) in [4.78, 5) is 24.7. The molecule has 24 heavy (non-hydrogen) atoms. The van der Waals surface area contributed by atoms with Crippen molar-refractivity contribution in [2.75, 3.05) is 0 Å². The summed E-state index contributed by atoms with van der Waals surface area (Å²) in [6.45, 7) is 5.70. The molecule has 1 heterocycles. The van der Waals surface area contributed by atoms with Gasteiger partial charge in [0.05, 0.1) is 17.7 Å². The van der Waals surface area contributed by atoms with Crippen LogP contribution in [-0.2, 0) is 9.53 Å². The van der Waals surface area contributed by atoms with E-state index >= 15 is 0 Å². The highest BCUT2D eigenvalue weighted by molar-refractivity contribution is 9.10. The Hall–Kier alpha value is -1.82. The Kier molecular flexibility index (Phi) is 6.43. The van der Waals surface area contributed by atoms with Crippen LogP contribution in [0.5, 0.6) is 0 Å². The maximum atomic E-state index is 12.7. The van der Waals surface area contributed by atoms with Gasteiger partial charge in [-0.2, -0.15) is 0 Å². The van der Waals surface area contributed by atoms with E-state index in [2.05, 4.69) is 33.5 Å². The van der Waals surface area contributed by atoms with Gasteiger partial charge in [0.1, 0.15) is 0 Å². The van der Waals surface area contributed by atoms with E-state index in [1.54, 1.807) is 0 Å². The summed E-state index contributed by atoms with van der Waals surface area (Å²) >= 11 is 3.40. The minimum Gasteiger partial charge on any atom is -0.459 e. The molecule has 0 aliphatic carbocycles. The lowest BCUT2D eigenvalue weighted by molar-refractivity contribution is -0.143.